The van der Waals surface area contributed by atoms with Gasteiger partial charge in [0, 0.05) is 23.8 Å². The Hall–Kier alpha value is -2.60. The van der Waals surface area contributed by atoms with Gasteiger partial charge in [0.1, 0.15) is 22.8 Å². The van der Waals surface area contributed by atoms with Crippen LogP contribution in [0.3, 0.4) is 0 Å². The van der Waals surface area contributed by atoms with Gasteiger partial charge in [0.05, 0.1) is 12.1 Å². The van der Waals surface area contributed by atoms with Crippen LogP contribution in [-0.4, -0.2) is 33.3 Å². The second kappa shape index (κ2) is 5.41. The van der Waals surface area contributed by atoms with Crippen LogP contribution in [0, 0.1) is 0 Å². The lowest BCUT2D eigenvalue weighted by Gasteiger charge is -2.10. The molecular formula is C14H11ClO6. The Morgan fingerprint density at radius 3 is 2.10 bits per heavy atom. The number of hydrogen-bond acceptors (Lipinski definition) is 6. The molecule has 0 radical (unpaired) electrons. The van der Waals surface area contributed by atoms with E-state index >= 15 is 0 Å². The fraction of sp³-hybridized carbons (Fsp3) is 0.0714. The van der Waals surface area contributed by atoms with Gasteiger partial charge < -0.3 is 25.2 Å². The summed E-state index contributed by atoms with van der Waals surface area (Å²) in [5, 5.41) is 38.3. The predicted octanol–water partition coefficient (Wildman–Crippen LogP) is 2.40. The van der Waals surface area contributed by atoms with Crippen LogP contribution in [0.4, 0.5) is 0 Å². The molecule has 110 valence electrons. The predicted molar refractivity (Wildman–Crippen MR) is 74.5 cm³/mol. The van der Waals surface area contributed by atoms with Gasteiger partial charge in [0.25, 0.3) is 0 Å². The van der Waals surface area contributed by atoms with E-state index < -0.39 is 28.6 Å². The van der Waals surface area contributed by atoms with E-state index in [4.69, 9.17) is 16.3 Å². The maximum Gasteiger partial charge on any atom is 0.202 e. The van der Waals surface area contributed by atoms with Crippen molar-refractivity contribution >= 4 is 17.4 Å². The van der Waals surface area contributed by atoms with Crippen LogP contribution < -0.4 is 4.74 Å². The lowest BCUT2D eigenvalue weighted by molar-refractivity contribution is 0.103. The number of carbonyl (C=O) groups excluding carboxylic acids is 1. The Morgan fingerprint density at radius 2 is 1.57 bits per heavy atom. The summed E-state index contributed by atoms with van der Waals surface area (Å²) in [6.45, 7) is 0. The average molecular weight is 311 g/mol. The minimum absolute atomic E-state index is 0.0264. The van der Waals surface area contributed by atoms with Gasteiger partial charge in [-0.15, -0.1) is 0 Å². The maximum absolute atomic E-state index is 12.3. The maximum atomic E-state index is 12.3. The summed E-state index contributed by atoms with van der Waals surface area (Å²) in [7, 11) is 1.32. The molecule has 0 spiro atoms. The number of hydrogen-bond donors (Lipinski definition) is 4. The Kier molecular flexibility index (Phi) is 3.82. The second-order valence-electron chi connectivity index (χ2n) is 4.19. The van der Waals surface area contributed by atoms with E-state index in [-0.39, 0.29) is 22.1 Å². The highest BCUT2D eigenvalue weighted by Gasteiger charge is 2.23. The lowest BCUT2D eigenvalue weighted by atomic mass is 10.0. The number of phenolic OH excluding ortho intramolecular Hbond substituents is 4. The molecule has 4 N–H and O–H groups in total. The highest BCUT2D eigenvalue weighted by atomic mass is 35.5. The number of benzene rings is 2. The van der Waals surface area contributed by atoms with Gasteiger partial charge in [-0.2, -0.15) is 0 Å². The summed E-state index contributed by atoms with van der Waals surface area (Å²) >= 11 is 5.94. The highest BCUT2D eigenvalue weighted by Crippen LogP contribution is 2.38. The molecule has 0 bridgehead atoms. The fourth-order valence-corrected chi connectivity index (χ4v) is 2.09. The minimum Gasteiger partial charge on any atom is -0.508 e. The van der Waals surface area contributed by atoms with Crippen LogP contribution in [0.1, 0.15) is 15.9 Å². The van der Waals surface area contributed by atoms with Gasteiger partial charge in [-0.3, -0.25) is 4.79 Å². The van der Waals surface area contributed by atoms with Crippen LogP contribution in [-0.2, 0) is 0 Å². The molecule has 0 heterocycles. The first-order chi connectivity index (χ1) is 9.85. The van der Waals surface area contributed by atoms with Crippen LogP contribution in [0.5, 0.6) is 28.7 Å². The van der Waals surface area contributed by atoms with Crippen molar-refractivity contribution in [2.24, 2.45) is 0 Å². The van der Waals surface area contributed by atoms with Crippen molar-refractivity contribution in [1.82, 2.24) is 0 Å². The average Bonchev–Trinajstić information content (AvgIpc) is 2.39. The summed E-state index contributed by atoms with van der Waals surface area (Å²) in [5.74, 6) is -2.66. The Labute approximate surface area is 124 Å². The van der Waals surface area contributed by atoms with Crippen LogP contribution in [0.25, 0.3) is 0 Å². The van der Waals surface area contributed by atoms with Crippen molar-refractivity contribution in [3.8, 4) is 28.7 Å². The molecule has 2 rings (SSSR count). The number of aromatic hydroxyl groups is 4. The second-order valence-corrected chi connectivity index (χ2v) is 4.60. The summed E-state index contributed by atoms with van der Waals surface area (Å²) in [6, 6.07) is 4.11. The summed E-state index contributed by atoms with van der Waals surface area (Å²) in [6.07, 6.45) is 0. The molecule has 0 saturated carbocycles. The van der Waals surface area contributed by atoms with Crippen molar-refractivity contribution in [3.05, 3.63) is 40.4 Å². The van der Waals surface area contributed by atoms with Gasteiger partial charge in [-0.05, 0) is 6.07 Å². The van der Waals surface area contributed by atoms with E-state index in [2.05, 4.69) is 0 Å². The quantitative estimate of drug-likeness (QED) is 0.648. The first kappa shape index (κ1) is 14.8. The Bertz CT molecular complexity index is 703. The summed E-state index contributed by atoms with van der Waals surface area (Å²) < 4.78 is 4.85. The number of carbonyl (C=O) groups is 1. The van der Waals surface area contributed by atoms with Crippen LogP contribution in [0.2, 0.25) is 5.02 Å². The molecule has 0 aromatic heterocycles. The number of halogens is 1. The zero-order valence-electron chi connectivity index (χ0n) is 10.8. The smallest absolute Gasteiger partial charge is 0.202 e. The molecule has 0 saturated heterocycles. The van der Waals surface area contributed by atoms with E-state index in [1.165, 1.54) is 13.2 Å². The normalized spacial score (nSPS) is 10.4. The molecule has 7 heteroatoms. The first-order valence-corrected chi connectivity index (χ1v) is 6.09. The molecule has 0 aliphatic heterocycles. The van der Waals surface area contributed by atoms with Gasteiger partial charge in [-0.1, -0.05) is 11.6 Å². The number of rotatable bonds is 3. The van der Waals surface area contributed by atoms with Crippen molar-refractivity contribution in [2.45, 2.75) is 0 Å². The SMILES string of the molecule is COc1cc(Cl)c(C(=O)c2c(O)cc(O)cc2O)cc1O. The molecule has 6 nitrogen and oxygen atoms in total. The minimum atomic E-state index is -0.812. The number of phenols is 4. The van der Waals surface area contributed by atoms with E-state index in [1.807, 2.05) is 0 Å². The monoisotopic (exact) mass is 310 g/mol. The van der Waals surface area contributed by atoms with Crippen LogP contribution in [0.15, 0.2) is 24.3 Å². The third-order valence-electron chi connectivity index (χ3n) is 2.82. The number of methoxy groups -OCH3 is 1. The van der Waals surface area contributed by atoms with Crippen molar-refractivity contribution < 1.29 is 30.0 Å². The van der Waals surface area contributed by atoms with Gasteiger partial charge in [-0.25, -0.2) is 0 Å². The Balaban J connectivity index is 2.58. The third kappa shape index (κ3) is 2.66. The van der Waals surface area contributed by atoms with Crippen molar-refractivity contribution in [2.75, 3.05) is 7.11 Å². The van der Waals surface area contributed by atoms with E-state index in [0.717, 1.165) is 18.2 Å². The third-order valence-corrected chi connectivity index (χ3v) is 3.13. The molecule has 21 heavy (non-hydrogen) atoms. The van der Waals surface area contributed by atoms with Gasteiger partial charge in [0.15, 0.2) is 11.5 Å². The topological polar surface area (TPSA) is 107 Å². The summed E-state index contributed by atoms with van der Waals surface area (Å²) in [4.78, 5) is 12.3. The molecular weight excluding hydrogens is 300 g/mol. The largest absolute Gasteiger partial charge is 0.508 e. The molecule has 0 atom stereocenters. The molecule has 2 aromatic rings. The van der Waals surface area contributed by atoms with Gasteiger partial charge in [0.2, 0.25) is 5.78 Å². The molecule has 0 amide bonds. The fourth-order valence-electron chi connectivity index (χ4n) is 1.85. The van der Waals surface area contributed by atoms with Gasteiger partial charge >= 0.3 is 0 Å². The Morgan fingerprint density at radius 1 is 1.00 bits per heavy atom. The molecule has 0 fully saturated rings. The standard InChI is InChI=1S/C14H11ClO6/c1-21-12-5-8(15)7(4-9(12)17)14(20)13-10(18)2-6(16)3-11(13)19/h2-5,16-19H,1H3. The molecule has 0 unspecified atom stereocenters. The zero-order chi connectivity index (χ0) is 15.7. The van der Waals surface area contributed by atoms with E-state index in [9.17, 15) is 25.2 Å². The number of ketones is 1. The molecule has 0 aliphatic rings. The highest BCUT2D eigenvalue weighted by molar-refractivity contribution is 6.35. The number of ether oxygens (including phenoxy) is 1. The first-order valence-electron chi connectivity index (χ1n) is 5.71. The zero-order valence-corrected chi connectivity index (χ0v) is 11.5. The van der Waals surface area contributed by atoms with Crippen LogP contribution >= 0.6 is 11.6 Å². The van der Waals surface area contributed by atoms with Crippen molar-refractivity contribution in [3.63, 3.8) is 0 Å². The van der Waals surface area contributed by atoms with E-state index in [1.54, 1.807) is 0 Å². The molecule has 0 aliphatic carbocycles. The summed E-state index contributed by atoms with van der Waals surface area (Å²) in [5.41, 5.74) is -0.564. The van der Waals surface area contributed by atoms with E-state index in [0.29, 0.717) is 0 Å². The van der Waals surface area contributed by atoms with Crippen molar-refractivity contribution in [1.29, 1.82) is 0 Å². The molecule has 2 aromatic carbocycles. The lowest BCUT2D eigenvalue weighted by Crippen LogP contribution is -2.03.